The lowest BCUT2D eigenvalue weighted by Crippen LogP contribution is -2.61. The monoisotopic (exact) mass is 696 g/mol. The van der Waals surface area contributed by atoms with Crippen LogP contribution >= 0.6 is 0 Å². The van der Waals surface area contributed by atoms with Gasteiger partial charge in [0.2, 0.25) is 0 Å². The highest BCUT2D eigenvalue weighted by atomic mass is 16.7. The van der Waals surface area contributed by atoms with Gasteiger partial charge in [-0.15, -0.1) is 0 Å². The fourth-order valence-electron chi connectivity index (χ4n) is 5.75. The summed E-state index contributed by atoms with van der Waals surface area (Å²) in [6, 6.07) is 0. The van der Waals surface area contributed by atoms with Crippen molar-refractivity contribution < 1.29 is 69.0 Å². The maximum atomic E-state index is 12.5. The van der Waals surface area contributed by atoms with Crippen molar-refractivity contribution >= 4 is 5.97 Å². The Kier molecular flexibility index (Phi) is 22.5. The van der Waals surface area contributed by atoms with Crippen molar-refractivity contribution in [3.8, 4) is 0 Å². The zero-order valence-corrected chi connectivity index (χ0v) is 29.0. The molecule has 14 nitrogen and oxygen atoms in total. The molecule has 14 heteroatoms. The number of rotatable bonds is 26. The van der Waals surface area contributed by atoms with Gasteiger partial charge in [0.05, 0.1) is 26.4 Å². The zero-order chi connectivity index (χ0) is 35.3. The van der Waals surface area contributed by atoms with Gasteiger partial charge in [-0.1, -0.05) is 90.9 Å². The highest BCUT2D eigenvalue weighted by Crippen LogP contribution is 2.26. The van der Waals surface area contributed by atoms with E-state index in [-0.39, 0.29) is 19.6 Å². The summed E-state index contributed by atoms with van der Waals surface area (Å²) in [4.78, 5) is 12.5. The Balaban J connectivity index is 1.83. The first-order chi connectivity index (χ1) is 23.1. The molecule has 2 fully saturated rings. The molecule has 0 radical (unpaired) electrons. The van der Waals surface area contributed by atoms with Gasteiger partial charge in [0, 0.05) is 13.0 Å². The molecule has 48 heavy (non-hydrogen) atoms. The first-order valence-electron chi connectivity index (χ1n) is 18.1. The number of aliphatic hydroxyl groups excluding tert-OH is 7. The SMILES string of the molecule is CCCCCCCCCCCCCOCC(COC1OC(COC2OC(CO)C(O)C(O)C2O)C(O)C(O)C1O)OC(=O)CCCCC. The van der Waals surface area contributed by atoms with Gasteiger partial charge in [0.25, 0.3) is 0 Å². The Morgan fingerprint density at radius 2 is 1.10 bits per heavy atom. The van der Waals surface area contributed by atoms with Crippen LogP contribution in [0.15, 0.2) is 0 Å². The third kappa shape index (κ3) is 15.5. The maximum absolute atomic E-state index is 12.5. The first-order valence-corrected chi connectivity index (χ1v) is 18.1. The summed E-state index contributed by atoms with van der Waals surface area (Å²) in [5, 5.41) is 71.1. The molecule has 11 atom stereocenters. The van der Waals surface area contributed by atoms with E-state index in [0.29, 0.717) is 13.0 Å². The topological polar surface area (TPSA) is 214 Å². The molecule has 0 saturated carbocycles. The van der Waals surface area contributed by atoms with Crippen LogP contribution in [0.3, 0.4) is 0 Å². The third-order valence-corrected chi connectivity index (χ3v) is 8.87. The molecule has 0 aromatic heterocycles. The number of carbonyl (C=O) groups excluding carboxylic acids is 1. The Morgan fingerprint density at radius 1 is 0.604 bits per heavy atom. The molecule has 2 saturated heterocycles. The number of ether oxygens (including phenoxy) is 6. The van der Waals surface area contributed by atoms with Gasteiger partial charge < -0.3 is 64.2 Å². The van der Waals surface area contributed by atoms with E-state index in [4.69, 9.17) is 28.4 Å². The van der Waals surface area contributed by atoms with Crippen LogP contribution in [0, 0.1) is 0 Å². The number of hydrogen-bond acceptors (Lipinski definition) is 14. The molecule has 0 bridgehead atoms. The van der Waals surface area contributed by atoms with Gasteiger partial charge in [-0.25, -0.2) is 0 Å². The molecule has 0 aromatic rings. The van der Waals surface area contributed by atoms with E-state index in [2.05, 4.69) is 6.92 Å². The minimum Gasteiger partial charge on any atom is -0.457 e. The molecule has 0 aliphatic carbocycles. The van der Waals surface area contributed by atoms with Crippen molar-refractivity contribution in [2.75, 3.05) is 33.0 Å². The second-order valence-corrected chi connectivity index (χ2v) is 13.1. The summed E-state index contributed by atoms with van der Waals surface area (Å²) < 4.78 is 33.6. The molecule has 0 aromatic carbocycles. The Bertz CT molecular complexity index is 819. The van der Waals surface area contributed by atoms with Crippen LogP contribution in [0.4, 0.5) is 0 Å². The van der Waals surface area contributed by atoms with Gasteiger partial charge in [0.15, 0.2) is 12.6 Å². The van der Waals surface area contributed by atoms with E-state index < -0.39 is 86.7 Å². The fraction of sp³-hybridized carbons (Fsp3) is 0.971. The minimum atomic E-state index is -1.69. The van der Waals surface area contributed by atoms with Gasteiger partial charge in [-0.2, -0.15) is 0 Å². The van der Waals surface area contributed by atoms with E-state index in [1.54, 1.807) is 0 Å². The van der Waals surface area contributed by atoms with Crippen molar-refractivity contribution in [3.63, 3.8) is 0 Å². The highest BCUT2D eigenvalue weighted by Gasteiger charge is 2.47. The molecule has 284 valence electrons. The summed E-state index contributed by atoms with van der Waals surface area (Å²) in [5.41, 5.74) is 0. The predicted molar refractivity (Wildman–Crippen MR) is 174 cm³/mol. The molecule has 2 rings (SSSR count). The van der Waals surface area contributed by atoms with Crippen LogP contribution in [0.25, 0.3) is 0 Å². The second kappa shape index (κ2) is 25.0. The summed E-state index contributed by atoms with van der Waals surface area (Å²) in [6.45, 7) is 3.47. The second-order valence-electron chi connectivity index (χ2n) is 13.1. The molecule has 2 heterocycles. The van der Waals surface area contributed by atoms with Gasteiger partial charge in [-0.05, 0) is 12.8 Å². The summed E-state index contributed by atoms with van der Waals surface area (Å²) in [7, 11) is 0. The lowest BCUT2D eigenvalue weighted by molar-refractivity contribution is -0.332. The normalized spacial score (nSPS) is 31.5. The largest absolute Gasteiger partial charge is 0.457 e. The average molecular weight is 697 g/mol. The number of aliphatic hydroxyl groups is 7. The van der Waals surface area contributed by atoms with Crippen molar-refractivity contribution in [2.45, 2.75) is 178 Å². The van der Waals surface area contributed by atoms with E-state index in [1.807, 2.05) is 6.92 Å². The summed E-state index contributed by atoms with van der Waals surface area (Å²) in [5.74, 6) is -0.401. The number of esters is 1. The molecule has 0 amide bonds. The fourth-order valence-corrected chi connectivity index (χ4v) is 5.75. The average Bonchev–Trinajstić information content (AvgIpc) is 3.08. The van der Waals surface area contributed by atoms with Gasteiger partial charge in [0.1, 0.15) is 54.9 Å². The molecule has 2 aliphatic heterocycles. The van der Waals surface area contributed by atoms with Crippen LogP contribution in [0.5, 0.6) is 0 Å². The van der Waals surface area contributed by atoms with E-state index >= 15 is 0 Å². The maximum Gasteiger partial charge on any atom is 0.306 e. The smallest absolute Gasteiger partial charge is 0.306 e. The van der Waals surface area contributed by atoms with Crippen LogP contribution in [0.1, 0.15) is 110 Å². The minimum absolute atomic E-state index is 0.0644. The van der Waals surface area contributed by atoms with Crippen molar-refractivity contribution in [1.82, 2.24) is 0 Å². The number of hydrogen-bond donors (Lipinski definition) is 7. The van der Waals surface area contributed by atoms with Gasteiger partial charge >= 0.3 is 5.97 Å². The van der Waals surface area contributed by atoms with Gasteiger partial charge in [-0.3, -0.25) is 4.79 Å². The number of carbonyl (C=O) groups is 1. The summed E-state index contributed by atoms with van der Waals surface area (Å²) >= 11 is 0. The van der Waals surface area contributed by atoms with Crippen LogP contribution in [-0.4, -0.2) is 142 Å². The predicted octanol–water partition coefficient (Wildman–Crippen LogP) is 1.45. The quantitative estimate of drug-likeness (QED) is 0.0504. The Labute approximate surface area is 285 Å². The Morgan fingerprint density at radius 3 is 1.69 bits per heavy atom. The number of unbranched alkanes of at least 4 members (excludes halogenated alkanes) is 12. The van der Waals surface area contributed by atoms with Crippen molar-refractivity contribution in [2.24, 2.45) is 0 Å². The molecule has 7 N–H and O–H groups in total. The Hall–Kier alpha value is -1.01. The standard InChI is InChI=1S/C34H64O14/c1-3-5-7-8-9-10-11-12-13-14-16-18-43-20-23(46-26(36)17-15-6-4-2)21-44-33-32(42)30(40)28(38)25(48-33)22-45-34-31(41)29(39)27(37)24(19-35)47-34/h23-25,27-35,37-42H,3-22H2,1-2H3. The molecule has 11 unspecified atom stereocenters. The molecular formula is C34H64O14. The zero-order valence-electron chi connectivity index (χ0n) is 29.0. The van der Waals surface area contributed by atoms with Crippen molar-refractivity contribution in [3.05, 3.63) is 0 Å². The molecular weight excluding hydrogens is 632 g/mol. The molecule has 2 aliphatic rings. The van der Waals surface area contributed by atoms with Crippen LogP contribution < -0.4 is 0 Å². The van der Waals surface area contributed by atoms with E-state index in [0.717, 1.165) is 32.1 Å². The van der Waals surface area contributed by atoms with Crippen molar-refractivity contribution in [1.29, 1.82) is 0 Å². The summed E-state index contributed by atoms with van der Waals surface area (Å²) in [6.07, 6.45) is 0.0240. The van der Waals surface area contributed by atoms with Crippen LogP contribution in [-0.2, 0) is 33.2 Å². The van der Waals surface area contributed by atoms with E-state index in [9.17, 15) is 40.5 Å². The lowest BCUT2D eigenvalue weighted by Gasteiger charge is -2.42. The third-order valence-electron chi connectivity index (χ3n) is 8.87. The molecule has 0 spiro atoms. The highest BCUT2D eigenvalue weighted by molar-refractivity contribution is 5.69. The van der Waals surface area contributed by atoms with Crippen LogP contribution in [0.2, 0.25) is 0 Å². The van der Waals surface area contributed by atoms with E-state index in [1.165, 1.54) is 51.4 Å². The first kappa shape index (κ1) is 43.2. The lowest BCUT2D eigenvalue weighted by atomic mass is 9.98.